The summed E-state index contributed by atoms with van der Waals surface area (Å²) in [5.41, 5.74) is 2.01. The molecule has 0 N–H and O–H groups in total. The van der Waals surface area contributed by atoms with E-state index < -0.39 is 0 Å². The van der Waals surface area contributed by atoms with Crippen LogP contribution in [0.2, 0.25) is 5.02 Å². The number of benzene rings is 1. The fourth-order valence-electron chi connectivity index (χ4n) is 2.44. The number of hydrogen-bond donors (Lipinski definition) is 0. The zero-order valence-corrected chi connectivity index (χ0v) is 14.6. The zero-order chi connectivity index (χ0) is 15.6. The summed E-state index contributed by atoms with van der Waals surface area (Å²) in [5, 5.41) is 0.609. The Hall–Kier alpha value is -0.770. The van der Waals surface area contributed by atoms with E-state index >= 15 is 0 Å². The summed E-state index contributed by atoms with van der Waals surface area (Å²) in [7, 11) is 2.16. The van der Waals surface area contributed by atoms with Crippen molar-refractivity contribution >= 4 is 34.2 Å². The maximum absolute atomic E-state index is 6.29. The van der Waals surface area contributed by atoms with Crippen molar-refractivity contribution in [3.63, 3.8) is 0 Å². The quantitative estimate of drug-likeness (QED) is 0.716. The molecule has 0 radical (unpaired) electrons. The number of likely N-dealkylation sites (N-methyl/N-ethyl adjacent to an activating group) is 1. The zero-order valence-electron chi connectivity index (χ0n) is 13.1. The van der Waals surface area contributed by atoms with Crippen molar-refractivity contribution in [2.75, 3.05) is 13.6 Å². The molecule has 2 rings (SSSR count). The molecular weight excluding hydrogens is 305 g/mol. The molecule has 1 aromatic heterocycles. The van der Waals surface area contributed by atoms with Crippen LogP contribution in [0.5, 0.6) is 0 Å². The lowest BCUT2D eigenvalue weighted by Crippen LogP contribution is -2.31. The lowest BCUT2D eigenvalue weighted by atomic mass is 10.2. The van der Waals surface area contributed by atoms with Crippen molar-refractivity contribution < 1.29 is 0 Å². The Bertz CT molecular complexity index is 607. The molecule has 0 saturated heterocycles. The van der Waals surface area contributed by atoms with Crippen molar-refractivity contribution in [2.24, 2.45) is 0 Å². The number of aromatic nitrogens is 2. The van der Waals surface area contributed by atoms with Gasteiger partial charge >= 0.3 is 0 Å². The fourth-order valence-corrected chi connectivity index (χ4v) is 2.78. The smallest absolute Gasteiger partial charge is 0.127 e. The standard InChI is InChI=1S/C16H23Cl2N3/c1-5-11(2)20(4)8-9-21-15-10-13(18)6-7-14(15)19-16(21)12(3)17/h6-7,10-12H,5,8-9H2,1-4H3. The predicted octanol–water partition coefficient (Wildman–Crippen LogP) is 4.72. The lowest BCUT2D eigenvalue weighted by molar-refractivity contribution is 0.242. The SMILES string of the molecule is CCC(C)N(C)CCn1c(C(C)Cl)nc2ccc(Cl)cc21. The highest BCUT2D eigenvalue weighted by Crippen LogP contribution is 2.26. The first kappa shape index (κ1) is 16.6. The van der Waals surface area contributed by atoms with Gasteiger partial charge in [0.05, 0.1) is 16.4 Å². The van der Waals surface area contributed by atoms with Crippen molar-refractivity contribution in [3.8, 4) is 0 Å². The summed E-state index contributed by atoms with van der Waals surface area (Å²) in [6.45, 7) is 8.24. The topological polar surface area (TPSA) is 21.1 Å². The van der Waals surface area contributed by atoms with Gasteiger partial charge in [0.2, 0.25) is 0 Å². The van der Waals surface area contributed by atoms with Crippen LogP contribution >= 0.6 is 23.2 Å². The van der Waals surface area contributed by atoms with Gasteiger partial charge in [-0.2, -0.15) is 0 Å². The number of fused-ring (bicyclic) bond motifs is 1. The average molecular weight is 328 g/mol. The molecule has 0 fully saturated rings. The molecule has 2 aromatic rings. The van der Waals surface area contributed by atoms with Crippen LogP contribution in [0.25, 0.3) is 11.0 Å². The van der Waals surface area contributed by atoms with Gasteiger partial charge in [-0.05, 0) is 45.5 Å². The highest BCUT2D eigenvalue weighted by atomic mass is 35.5. The van der Waals surface area contributed by atoms with Crippen molar-refractivity contribution in [2.45, 2.75) is 45.2 Å². The summed E-state index contributed by atoms with van der Waals surface area (Å²) < 4.78 is 2.19. The summed E-state index contributed by atoms with van der Waals surface area (Å²) in [6, 6.07) is 6.36. The van der Waals surface area contributed by atoms with Crippen LogP contribution in [-0.4, -0.2) is 34.1 Å². The van der Waals surface area contributed by atoms with Gasteiger partial charge in [-0.15, -0.1) is 11.6 Å². The molecule has 0 saturated carbocycles. The monoisotopic (exact) mass is 327 g/mol. The highest BCUT2D eigenvalue weighted by molar-refractivity contribution is 6.31. The summed E-state index contributed by atoms with van der Waals surface area (Å²) in [5.74, 6) is 0.909. The van der Waals surface area contributed by atoms with Gasteiger partial charge in [0.25, 0.3) is 0 Å². The van der Waals surface area contributed by atoms with Gasteiger partial charge < -0.3 is 9.47 Å². The van der Waals surface area contributed by atoms with Crippen LogP contribution in [0.4, 0.5) is 0 Å². The van der Waals surface area contributed by atoms with E-state index in [2.05, 4.69) is 35.3 Å². The molecule has 21 heavy (non-hydrogen) atoms. The Labute approximate surface area is 136 Å². The molecule has 3 nitrogen and oxygen atoms in total. The Morgan fingerprint density at radius 2 is 2.05 bits per heavy atom. The second-order valence-electron chi connectivity index (χ2n) is 5.61. The minimum Gasteiger partial charge on any atom is -0.325 e. The third-order valence-electron chi connectivity index (χ3n) is 4.12. The second-order valence-corrected chi connectivity index (χ2v) is 6.70. The second kappa shape index (κ2) is 6.99. The minimum absolute atomic E-state index is 0.120. The molecule has 5 heteroatoms. The van der Waals surface area contributed by atoms with Gasteiger partial charge in [0, 0.05) is 24.2 Å². The number of alkyl halides is 1. The van der Waals surface area contributed by atoms with E-state index in [4.69, 9.17) is 23.2 Å². The summed E-state index contributed by atoms with van der Waals surface area (Å²) >= 11 is 12.4. The van der Waals surface area contributed by atoms with E-state index in [9.17, 15) is 0 Å². The number of halogens is 2. The molecule has 2 atom stereocenters. The summed E-state index contributed by atoms with van der Waals surface area (Å²) in [4.78, 5) is 7.01. The minimum atomic E-state index is -0.120. The van der Waals surface area contributed by atoms with E-state index in [1.165, 1.54) is 0 Å². The third-order valence-corrected chi connectivity index (χ3v) is 4.55. The van der Waals surface area contributed by atoms with Crippen LogP contribution in [0.15, 0.2) is 18.2 Å². The molecule has 0 aliphatic rings. The first-order valence-corrected chi connectivity index (χ1v) is 8.25. The maximum atomic E-state index is 6.29. The Morgan fingerprint density at radius 3 is 2.67 bits per heavy atom. The van der Waals surface area contributed by atoms with E-state index in [0.29, 0.717) is 6.04 Å². The molecule has 0 aliphatic heterocycles. The first-order valence-electron chi connectivity index (χ1n) is 7.44. The van der Waals surface area contributed by atoms with E-state index in [1.54, 1.807) is 0 Å². The molecule has 0 aliphatic carbocycles. The Morgan fingerprint density at radius 1 is 1.33 bits per heavy atom. The maximum Gasteiger partial charge on any atom is 0.127 e. The van der Waals surface area contributed by atoms with Crippen molar-refractivity contribution in [3.05, 3.63) is 29.0 Å². The van der Waals surface area contributed by atoms with Crippen LogP contribution in [-0.2, 0) is 6.54 Å². The largest absolute Gasteiger partial charge is 0.325 e. The van der Waals surface area contributed by atoms with Gasteiger partial charge in [0.15, 0.2) is 0 Å². The number of hydrogen-bond acceptors (Lipinski definition) is 2. The number of imidazole rings is 1. The molecule has 116 valence electrons. The van der Waals surface area contributed by atoms with Gasteiger partial charge in [-0.3, -0.25) is 0 Å². The van der Waals surface area contributed by atoms with Crippen molar-refractivity contribution in [1.29, 1.82) is 0 Å². The molecule has 0 amide bonds. The van der Waals surface area contributed by atoms with E-state index in [1.807, 2.05) is 25.1 Å². The van der Waals surface area contributed by atoms with Crippen LogP contribution in [0.1, 0.15) is 38.4 Å². The predicted molar refractivity (Wildman–Crippen MR) is 91.4 cm³/mol. The summed E-state index contributed by atoms with van der Waals surface area (Å²) in [6.07, 6.45) is 1.14. The van der Waals surface area contributed by atoms with Gasteiger partial charge in [-0.1, -0.05) is 18.5 Å². The Balaban J connectivity index is 2.32. The van der Waals surface area contributed by atoms with Crippen LogP contribution < -0.4 is 0 Å². The molecule has 2 unspecified atom stereocenters. The van der Waals surface area contributed by atoms with E-state index in [0.717, 1.165) is 41.4 Å². The number of rotatable bonds is 6. The van der Waals surface area contributed by atoms with Gasteiger partial charge in [0.1, 0.15) is 5.82 Å². The Kier molecular flexibility index (Phi) is 5.53. The van der Waals surface area contributed by atoms with Crippen molar-refractivity contribution in [1.82, 2.24) is 14.5 Å². The van der Waals surface area contributed by atoms with E-state index in [-0.39, 0.29) is 5.38 Å². The average Bonchev–Trinajstić information content (AvgIpc) is 2.81. The molecular formula is C16H23Cl2N3. The molecule has 0 bridgehead atoms. The lowest BCUT2D eigenvalue weighted by Gasteiger charge is -2.24. The fraction of sp³-hybridized carbons (Fsp3) is 0.562. The molecule has 1 heterocycles. The highest BCUT2D eigenvalue weighted by Gasteiger charge is 2.16. The van der Waals surface area contributed by atoms with Crippen LogP contribution in [0.3, 0.4) is 0 Å². The van der Waals surface area contributed by atoms with Gasteiger partial charge in [-0.25, -0.2) is 4.98 Å². The first-order chi connectivity index (χ1) is 9.93. The normalized spacial score (nSPS) is 14.8. The van der Waals surface area contributed by atoms with Crippen LogP contribution in [0, 0.1) is 0 Å². The number of nitrogens with zero attached hydrogens (tertiary/aromatic N) is 3. The molecule has 1 aromatic carbocycles. The molecule has 0 spiro atoms. The third kappa shape index (κ3) is 3.71.